The van der Waals surface area contributed by atoms with Gasteiger partial charge in [0.15, 0.2) is 0 Å². The molecule has 0 spiro atoms. The van der Waals surface area contributed by atoms with Crippen LogP contribution < -0.4 is 4.74 Å². The van der Waals surface area contributed by atoms with Gasteiger partial charge in [-0.2, -0.15) is 0 Å². The highest BCUT2D eigenvalue weighted by Crippen LogP contribution is 2.23. The van der Waals surface area contributed by atoms with E-state index in [1.165, 1.54) is 0 Å². The van der Waals surface area contributed by atoms with Crippen LogP contribution in [0.3, 0.4) is 0 Å². The molecule has 2 aromatic rings. The van der Waals surface area contributed by atoms with Crippen molar-refractivity contribution < 1.29 is 9.47 Å². The van der Waals surface area contributed by atoms with E-state index in [0.29, 0.717) is 19.1 Å². The Bertz CT molecular complexity index is 807. The Balaban J connectivity index is 1.74. The van der Waals surface area contributed by atoms with E-state index in [2.05, 4.69) is 4.99 Å². The summed E-state index contributed by atoms with van der Waals surface area (Å²) in [4.78, 5) is 4.59. The maximum atomic E-state index is 6.16. The summed E-state index contributed by atoms with van der Waals surface area (Å²) in [6.07, 6.45) is 6.85. The molecule has 25 heavy (non-hydrogen) atoms. The molecule has 3 nitrogen and oxygen atoms in total. The number of allylic oxidation sites excluding steroid dienone is 2. The lowest BCUT2D eigenvalue weighted by atomic mass is 10.1. The van der Waals surface area contributed by atoms with Crippen LogP contribution in [-0.2, 0) is 4.74 Å². The van der Waals surface area contributed by atoms with Crippen molar-refractivity contribution in [1.82, 2.24) is 0 Å². The number of benzene rings is 2. The second-order valence-electron chi connectivity index (χ2n) is 5.51. The minimum absolute atomic E-state index is 0.654. The van der Waals surface area contributed by atoms with Crippen molar-refractivity contribution in [3.05, 3.63) is 76.8 Å². The lowest BCUT2D eigenvalue weighted by Crippen LogP contribution is -1.96. The largest absolute Gasteiger partial charge is 0.494 e. The van der Waals surface area contributed by atoms with Crippen LogP contribution >= 0.6 is 11.6 Å². The molecule has 0 aromatic heterocycles. The maximum absolute atomic E-state index is 6.16. The second-order valence-corrected chi connectivity index (χ2v) is 5.92. The van der Waals surface area contributed by atoms with Crippen molar-refractivity contribution >= 4 is 29.3 Å². The topological polar surface area (TPSA) is 30.8 Å². The lowest BCUT2D eigenvalue weighted by molar-refractivity contribution is 0.340. The van der Waals surface area contributed by atoms with Crippen molar-refractivity contribution in [3.8, 4) is 5.75 Å². The third-order valence-electron chi connectivity index (χ3n) is 3.74. The number of hydrogen-bond donors (Lipinski definition) is 0. The molecule has 3 rings (SSSR count). The van der Waals surface area contributed by atoms with E-state index >= 15 is 0 Å². The fourth-order valence-corrected chi connectivity index (χ4v) is 2.69. The van der Waals surface area contributed by atoms with Crippen LogP contribution in [0, 0.1) is 0 Å². The SMILES string of the molecule is CCOc1ccc(N=C2OCC/C2=C\C=C\c2ccccc2Cl)cc1. The monoisotopic (exact) mass is 353 g/mol. The molecular weight excluding hydrogens is 334 g/mol. The van der Waals surface area contributed by atoms with Gasteiger partial charge < -0.3 is 9.47 Å². The van der Waals surface area contributed by atoms with Crippen LogP contribution in [0.1, 0.15) is 18.9 Å². The highest BCUT2D eigenvalue weighted by Gasteiger charge is 2.16. The van der Waals surface area contributed by atoms with Gasteiger partial charge in [0, 0.05) is 17.0 Å². The molecule has 1 aliphatic heterocycles. The van der Waals surface area contributed by atoms with Crippen LogP contribution in [0.2, 0.25) is 5.02 Å². The molecule has 128 valence electrons. The third-order valence-corrected chi connectivity index (χ3v) is 4.09. The molecule has 0 bridgehead atoms. The van der Waals surface area contributed by atoms with Gasteiger partial charge in [0.2, 0.25) is 5.90 Å². The van der Waals surface area contributed by atoms with Gasteiger partial charge in [-0.3, -0.25) is 0 Å². The van der Waals surface area contributed by atoms with Crippen molar-refractivity contribution in [2.45, 2.75) is 13.3 Å². The smallest absolute Gasteiger partial charge is 0.217 e. The van der Waals surface area contributed by atoms with E-state index in [4.69, 9.17) is 21.1 Å². The highest BCUT2D eigenvalue weighted by molar-refractivity contribution is 6.32. The molecule has 0 N–H and O–H groups in total. The van der Waals surface area contributed by atoms with Crippen LogP contribution in [0.5, 0.6) is 5.75 Å². The summed E-state index contributed by atoms with van der Waals surface area (Å²) in [5.74, 6) is 1.52. The van der Waals surface area contributed by atoms with E-state index in [1.54, 1.807) is 0 Å². The molecule has 1 fully saturated rings. The van der Waals surface area contributed by atoms with Gasteiger partial charge in [0.1, 0.15) is 5.75 Å². The molecule has 0 radical (unpaired) electrons. The van der Waals surface area contributed by atoms with Gasteiger partial charge in [-0.1, -0.05) is 48.0 Å². The zero-order valence-electron chi connectivity index (χ0n) is 14.1. The maximum Gasteiger partial charge on any atom is 0.217 e. The molecule has 0 aliphatic carbocycles. The Kier molecular flexibility index (Phi) is 5.91. The normalized spacial score (nSPS) is 17.4. The number of hydrogen-bond acceptors (Lipinski definition) is 3. The van der Waals surface area contributed by atoms with E-state index in [-0.39, 0.29) is 0 Å². The van der Waals surface area contributed by atoms with Gasteiger partial charge in [0.05, 0.1) is 18.9 Å². The van der Waals surface area contributed by atoms with Crippen molar-refractivity contribution in [3.63, 3.8) is 0 Å². The van der Waals surface area contributed by atoms with Crippen LogP contribution in [-0.4, -0.2) is 19.1 Å². The average Bonchev–Trinajstić information content (AvgIpc) is 3.06. The summed E-state index contributed by atoms with van der Waals surface area (Å²) in [5.41, 5.74) is 2.92. The quantitative estimate of drug-likeness (QED) is 0.677. The summed E-state index contributed by atoms with van der Waals surface area (Å²) < 4.78 is 11.1. The summed E-state index contributed by atoms with van der Waals surface area (Å²) >= 11 is 6.16. The first kappa shape index (κ1) is 17.3. The number of ether oxygens (including phenoxy) is 2. The molecule has 4 heteroatoms. The first-order chi connectivity index (χ1) is 12.3. The average molecular weight is 354 g/mol. The fourth-order valence-electron chi connectivity index (χ4n) is 2.50. The Labute approximate surface area is 153 Å². The summed E-state index contributed by atoms with van der Waals surface area (Å²) in [5, 5.41) is 0.739. The van der Waals surface area contributed by atoms with Crippen LogP contribution in [0.4, 0.5) is 5.69 Å². The number of rotatable bonds is 5. The van der Waals surface area contributed by atoms with Gasteiger partial charge in [0.25, 0.3) is 0 Å². The molecule has 0 unspecified atom stereocenters. The van der Waals surface area contributed by atoms with Gasteiger partial charge in [-0.25, -0.2) is 4.99 Å². The number of nitrogens with zero attached hydrogens (tertiary/aromatic N) is 1. The standard InChI is InChI=1S/C21H20ClNO2/c1-2-24-19-12-10-18(11-13-19)23-21-17(14-15-25-21)8-5-7-16-6-3-4-9-20(16)22/h3-13H,2,14-15H2,1H3/b7-5+,17-8+,23-21?. The van der Waals surface area contributed by atoms with E-state index in [9.17, 15) is 0 Å². The lowest BCUT2D eigenvalue weighted by Gasteiger charge is -2.03. The molecule has 0 atom stereocenters. The Morgan fingerprint density at radius 3 is 2.72 bits per heavy atom. The first-order valence-corrected chi connectivity index (χ1v) is 8.70. The van der Waals surface area contributed by atoms with Crippen molar-refractivity contribution in [2.75, 3.05) is 13.2 Å². The summed E-state index contributed by atoms with van der Waals surface area (Å²) in [6.45, 7) is 3.27. The van der Waals surface area contributed by atoms with E-state index in [1.807, 2.05) is 73.7 Å². The number of halogens is 1. The van der Waals surface area contributed by atoms with Crippen LogP contribution in [0.25, 0.3) is 6.08 Å². The van der Waals surface area contributed by atoms with Crippen molar-refractivity contribution in [1.29, 1.82) is 0 Å². The minimum atomic E-state index is 0.654. The van der Waals surface area contributed by atoms with Crippen molar-refractivity contribution in [2.24, 2.45) is 4.99 Å². The Morgan fingerprint density at radius 1 is 1.16 bits per heavy atom. The molecule has 0 saturated carbocycles. The summed E-state index contributed by atoms with van der Waals surface area (Å²) in [7, 11) is 0. The Morgan fingerprint density at radius 2 is 1.96 bits per heavy atom. The third kappa shape index (κ3) is 4.74. The molecule has 2 aromatic carbocycles. The first-order valence-electron chi connectivity index (χ1n) is 8.33. The molecule has 0 amide bonds. The zero-order chi connectivity index (χ0) is 17.5. The molecule has 1 saturated heterocycles. The molecule has 1 aliphatic rings. The fraction of sp³-hybridized carbons (Fsp3) is 0.190. The van der Waals surface area contributed by atoms with Crippen LogP contribution in [0.15, 0.2) is 71.2 Å². The zero-order valence-corrected chi connectivity index (χ0v) is 14.9. The minimum Gasteiger partial charge on any atom is -0.494 e. The molecular formula is C21H20ClNO2. The second kappa shape index (κ2) is 8.54. The van der Waals surface area contributed by atoms with E-state index < -0.39 is 0 Å². The Hall–Kier alpha value is -2.52. The predicted octanol–water partition coefficient (Wildman–Crippen LogP) is 5.83. The van der Waals surface area contributed by atoms with E-state index in [0.717, 1.165) is 34.0 Å². The summed E-state index contributed by atoms with van der Waals surface area (Å²) in [6, 6.07) is 15.4. The van der Waals surface area contributed by atoms with Gasteiger partial charge in [-0.05, 0) is 42.8 Å². The predicted molar refractivity (Wildman–Crippen MR) is 104 cm³/mol. The highest BCUT2D eigenvalue weighted by atomic mass is 35.5. The van der Waals surface area contributed by atoms with Gasteiger partial charge >= 0.3 is 0 Å². The molecule has 1 heterocycles. The number of aliphatic imine (C=N–C) groups is 1. The van der Waals surface area contributed by atoms with Gasteiger partial charge in [-0.15, -0.1) is 0 Å².